The molecule has 1 aromatic carbocycles. The summed E-state index contributed by atoms with van der Waals surface area (Å²) in [7, 11) is 0.958. The SMILES string of the molecule is COCCN(CC(=O)Nc1ccc(OC)c(OC)c1)S(C)(=O)=O. The summed E-state index contributed by atoms with van der Waals surface area (Å²) in [6.45, 7) is 0.0158. The standard InChI is InChI=1S/C14H22N2O6S/c1-20-8-7-16(23(4,18)19)10-14(17)15-11-5-6-12(21-2)13(9-11)22-3/h5-6,9H,7-8,10H2,1-4H3,(H,15,17). The van der Waals surface area contributed by atoms with Gasteiger partial charge in [-0.3, -0.25) is 4.79 Å². The molecule has 1 N–H and O–H groups in total. The Morgan fingerprint density at radius 3 is 2.35 bits per heavy atom. The van der Waals surface area contributed by atoms with E-state index in [1.807, 2.05) is 0 Å². The molecule has 1 rings (SSSR count). The van der Waals surface area contributed by atoms with Crippen LogP contribution in [0.2, 0.25) is 0 Å². The van der Waals surface area contributed by atoms with Crippen LogP contribution in [-0.2, 0) is 19.6 Å². The highest BCUT2D eigenvalue weighted by Gasteiger charge is 2.20. The number of amides is 1. The number of hydrogen-bond donors (Lipinski definition) is 1. The first-order chi connectivity index (χ1) is 10.8. The van der Waals surface area contributed by atoms with Crippen molar-refractivity contribution in [3.05, 3.63) is 18.2 Å². The average Bonchev–Trinajstić information content (AvgIpc) is 2.50. The largest absolute Gasteiger partial charge is 0.493 e. The molecule has 0 saturated carbocycles. The van der Waals surface area contributed by atoms with Crippen LogP contribution >= 0.6 is 0 Å². The predicted molar refractivity (Wildman–Crippen MR) is 86.5 cm³/mol. The van der Waals surface area contributed by atoms with Crippen LogP contribution in [-0.4, -0.2) is 65.9 Å². The van der Waals surface area contributed by atoms with Crippen molar-refractivity contribution in [2.24, 2.45) is 0 Å². The molecular formula is C14H22N2O6S. The van der Waals surface area contributed by atoms with Gasteiger partial charge in [-0.25, -0.2) is 8.42 Å². The molecule has 0 spiro atoms. The number of nitrogens with one attached hydrogen (secondary N) is 1. The molecule has 9 heteroatoms. The third-order valence-electron chi connectivity index (χ3n) is 3.00. The van der Waals surface area contributed by atoms with Crippen molar-refractivity contribution >= 4 is 21.6 Å². The van der Waals surface area contributed by atoms with Crippen molar-refractivity contribution in [2.45, 2.75) is 0 Å². The molecule has 0 aromatic heterocycles. The fourth-order valence-corrected chi connectivity index (χ4v) is 2.59. The number of hydrogen-bond acceptors (Lipinski definition) is 6. The quantitative estimate of drug-likeness (QED) is 0.702. The summed E-state index contributed by atoms with van der Waals surface area (Å²) in [5.74, 6) is 0.534. The van der Waals surface area contributed by atoms with Crippen LogP contribution in [0.25, 0.3) is 0 Å². The van der Waals surface area contributed by atoms with E-state index in [-0.39, 0.29) is 19.7 Å². The Morgan fingerprint density at radius 1 is 1.17 bits per heavy atom. The third-order valence-corrected chi connectivity index (χ3v) is 4.25. The van der Waals surface area contributed by atoms with Gasteiger partial charge < -0.3 is 19.5 Å². The summed E-state index contributed by atoms with van der Waals surface area (Å²) in [5.41, 5.74) is 0.479. The molecule has 0 unspecified atom stereocenters. The van der Waals surface area contributed by atoms with Crippen molar-refractivity contribution in [3.63, 3.8) is 0 Å². The van der Waals surface area contributed by atoms with Crippen LogP contribution in [0, 0.1) is 0 Å². The normalized spacial score (nSPS) is 11.3. The van der Waals surface area contributed by atoms with Crippen molar-refractivity contribution in [1.82, 2.24) is 4.31 Å². The average molecular weight is 346 g/mol. The summed E-state index contributed by atoms with van der Waals surface area (Å²) >= 11 is 0. The number of methoxy groups -OCH3 is 3. The first kappa shape index (κ1) is 19.2. The number of carbonyl (C=O) groups excluding carboxylic acids is 1. The maximum absolute atomic E-state index is 12.1. The number of sulfonamides is 1. The summed E-state index contributed by atoms with van der Waals surface area (Å²) in [6.07, 6.45) is 1.05. The summed E-state index contributed by atoms with van der Waals surface area (Å²) in [6, 6.07) is 4.88. The van der Waals surface area contributed by atoms with Gasteiger partial charge in [0.15, 0.2) is 11.5 Å². The van der Waals surface area contributed by atoms with Crippen LogP contribution in [0.3, 0.4) is 0 Å². The van der Waals surface area contributed by atoms with Gasteiger partial charge in [-0.2, -0.15) is 4.31 Å². The Balaban J connectivity index is 2.78. The molecule has 0 aliphatic heterocycles. The van der Waals surface area contributed by atoms with E-state index in [9.17, 15) is 13.2 Å². The predicted octanol–water partition coefficient (Wildman–Crippen LogP) is 0.550. The van der Waals surface area contributed by atoms with Gasteiger partial charge in [0.2, 0.25) is 15.9 Å². The highest BCUT2D eigenvalue weighted by Crippen LogP contribution is 2.29. The molecule has 0 heterocycles. The number of benzene rings is 1. The molecule has 0 radical (unpaired) electrons. The van der Waals surface area contributed by atoms with E-state index in [2.05, 4.69) is 5.32 Å². The third kappa shape index (κ3) is 6.05. The molecule has 0 aliphatic rings. The van der Waals surface area contributed by atoms with Gasteiger partial charge >= 0.3 is 0 Å². The van der Waals surface area contributed by atoms with E-state index in [0.717, 1.165) is 10.6 Å². The van der Waals surface area contributed by atoms with Gasteiger partial charge in [0.1, 0.15) is 0 Å². The molecule has 0 saturated heterocycles. The van der Waals surface area contributed by atoms with Crippen LogP contribution in [0.1, 0.15) is 0 Å². The molecule has 1 amide bonds. The number of nitrogens with zero attached hydrogens (tertiary/aromatic N) is 1. The number of carbonyl (C=O) groups is 1. The Hall–Kier alpha value is -1.84. The lowest BCUT2D eigenvalue weighted by molar-refractivity contribution is -0.116. The Bertz CT molecular complexity index is 632. The maximum atomic E-state index is 12.1. The second-order valence-corrected chi connectivity index (χ2v) is 6.69. The lowest BCUT2D eigenvalue weighted by Crippen LogP contribution is -2.39. The molecule has 0 bridgehead atoms. The molecule has 0 aliphatic carbocycles. The summed E-state index contributed by atoms with van der Waals surface area (Å²) in [4.78, 5) is 12.1. The minimum absolute atomic E-state index is 0.106. The molecule has 0 fully saturated rings. The maximum Gasteiger partial charge on any atom is 0.239 e. The highest BCUT2D eigenvalue weighted by molar-refractivity contribution is 7.88. The molecule has 0 atom stereocenters. The van der Waals surface area contributed by atoms with Gasteiger partial charge in [-0.15, -0.1) is 0 Å². The Labute approximate surface area is 136 Å². The zero-order valence-electron chi connectivity index (χ0n) is 13.7. The molecular weight excluding hydrogens is 324 g/mol. The van der Waals surface area contributed by atoms with E-state index in [4.69, 9.17) is 14.2 Å². The number of anilines is 1. The van der Waals surface area contributed by atoms with Crippen LogP contribution in [0.4, 0.5) is 5.69 Å². The van der Waals surface area contributed by atoms with Crippen molar-refractivity contribution in [2.75, 3.05) is 52.6 Å². The Morgan fingerprint density at radius 2 is 1.83 bits per heavy atom. The van der Waals surface area contributed by atoms with Crippen LogP contribution in [0.15, 0.2) is 18.2 Å². The van der Waals surface area contributed by atoms with Gasteiger partial charge in [0, 0.05) is 25.4 Å². The highest BCUT2D eigenvalue weighted by atomic mass is 32.2. The van der Waals surface area contributed by atoms with E-state index in [0.29, 0.717) is 17.2 Å². The van der Waals surface area contributed by atoms with E-state index < -0.39 is 15.9 Å². The molecule has 1 aromatic rings. The van der Waals surface area contributed by atoms with Gasteiger partial charge in [0.25, 0.3) is 0 Å². The fraction of sp³-hybridized carbons (Fsp3) is 0.500. The van der Waals surface area contributed by atoms with Crippen molar-refractivity contribution in [1.29, 1.82) is 0 Å². The minimum Gasteiger partial charge on any atom is -0.493 e. The second kappa shape index (κ2) is 8.70. The first-order valence-corrected chi connectivity index (χ1v) is 8.62. The van der Waals surface area contributed by atoms with Gasteiger partial charge in [0.05, 0.1) is 33.6 Å². The molecule has 8 nitrogen and oxygen atoms in total. The van der Waals surface area contributed by atoms with Gasteiger partial charge in [-0.1, -0.05) is 0 Å². The lowest BCUT2D eigenvalue weighted by Gasteiger charge is -2.19. The number of rotatable bonds is 9. The zero-order chi connectivity index (χ0) is 17.5. The van der Waals surface area contributed by atoms with E-state index in [1.165, 1.54) is 21.3 Å². The second-order valence-electron chi connectivity index (χ2n) is 4.71. The lowest BCUT2D eigenvalue weighted by atomic mass is 10.2. The van der Waals surface area contributed by atoms with E-state index in [1.54, 1.807) is 18.2 Å². The van der Waals surface area contributed by atoms with Gasteiger partial charge in [-0.05, 0) is 12.1 Å². The summed E-state index contributed by atoms with van der Waals surface area (Å²) < 4.78 is 39.5. The monoisotopic (exact) mass is 346 g/mol. The smallest absolute Gasteiger partial charge is 0.239 e. The topological polar surface area (TPSA) is 94.2 Å². The Kier molecular flexibility index (Phi) is 7.27. The van der Waals surface area contributed by atoms with Crippen molar-refractivity contribution in [3.8, 4) is 11.5 Å². The zero-order valence-corrected chi connectivity index (χ0v) is 14.5. The molecule has 130 valence electrons. The molecule has 23 heavy (non-hydrogen) atoms. The first-order valence-electron chi connectivity index (χ1n) is 6.77. The number of ether oxygens (including phenoxy) is 3. The minimum atomic E-state index is -3.50. The van der Waals surface area contributed by atoms with E-state index >= 15 is 0 Å². The van der Waals surface area contributed by atoms with Crippen molar-refractivity contribution < 1.29 is 27.4 Å². The fourth-order valence-electron chi connectivity index (χ4n) is 1.83. The van der Waals surface area contributed by atoms with Crippen LogP contribution in [0.5, 0.6) is 11.5 Å². The summed E-state index contributed by atoms with van der Waals surface area (Å²) in [5, 5.41) is 2.63. The van der Waals surface area contributed by atoms with Crippen LogP contribution < -0.4 is 14.8 Å².